The quantitative estimate of drug-likeness (QED) is 0.513. The number of urea groups is 1. The Hall–Kier alpha value is -1.95. The molecule has 0 fully saturated rings. The maximum absolute atomic E-state index is 11.4. The van der Waals surface area contributed by atoms with Crippen LogP contribution in [-0.4, -0.2) is 39.1 Å². The third-order valence-electron chi connectivity index (χ3n) is 2.56. The van der Waals surface area contributed by atoms with Crippen molar-refractivity contribution < 1.29 is 19.0 Å². The van der Waals surface area contributed by atoms with Crippen molar-refractivity contribution in [2.24, 2.45) is 0 Å². The summed E-state index contributed by atoms with van der Waals surface area (Å²) in [6.07, 6.45) is 0.793. The van der Waals surface area contributed by atoms with Gasteiger partial charge in [0.2, 0.25) is 0 Å². The van der Waals surface area contributed by atoms with Gasteiger partial charge in [0.15, 0.2) is 6.73 Å². The van der Waals surface area contributed by atoms with Crippen LogP contribution in [0.25, 0.3) is 0 Å². The highest BCUT2D eigenvalue weighted by Gasteiger charge is 2.00. The lowest BCUT2D eigenvalue weighted by Gasteiger charge is -2.10. The summed E-state index contributed by atoms with van der Waals surface area (Å²) in [4.78, 5) is 11.4. The zero-order valence-electron chi connectivity index (χ0n) is 12.7. The zero-order chi connectivity index (χ0) is 15.3. The Morgan fingerprint density at radius 3 is 2.29 bits per heavy atom. The van der Waals surface area contributed by atoms with Gasteiger partial charge in [-0.25, -0.2) is 4.79 Å². The molecule has 0 aliphatic rings. The van der Waals surface area contributed by atoms with Gasteiger partial charge in [0.1, 0.15) is 11.5 Å². The van der Waals surface area contributed by atoms with E-state index in [4.69, 9.17) is 14.2 Å². The average molecular weight is 296 g/mol. The van der Waals surface area contributed by atoms with Gasteiger partial charge in [0.25, 0.3) is 0 Å². The van der Waals surface area contributed by atoms with Crippen LogP contribution in [-0.2, 0) is 4.74 Å². The molecule has 2 amide bonds. The molecule has 0 aromatic heterocycles. The second kappa shape index (κ2) is 10.8. The predicted molar refractivity (Wildman–Crippen MR) is 80.8 cm³/mol. The first-order valence-corrected chi connectivity index (χ1v) is 7.21. The van der Waals surface area contributed by atoms with E-state index in [2.05, 4.69) is 10.6 Å². The number of nitrogens with one attached hydrogen (secondary N) is 2. The smallest absolute Gasteiger partial charge is 0.317 e. The Bertz CT molecular complexity index is 395. The van der Waals surface area contributed by atoms with Crippen LogP contribution in [0.15, 0.2) is 24.3 Å². The monoisotopic (exact) mass is 296 g/mol. The first-order chi connectivity index (χ1) is 10.3. The van der Waals surface area contributed by atoms with Crippen LogP contribution in [0.5, 0.6) is 11.5 Å². The van der Waals surface area contributed by atoms with Gasteiger partial charge in [0, 0.05) is 19.8 Å². The van der Waals surface area contributed by atoms with E-state index in [1.54, 1.807) is 12.1 Å². The van der Waals surface area contributed by atoms with Crippen LogP contribution in [0.3, 0.4) is 0 Å². The minimum Gasteiger partial charge on any atom is -0.494 e. The maximum Gasteiger partial charge on any atom is 0.317 e. The molecule has 2 N–H and O–H groups in total. The van der Waals surface area contributed by atoms with E-state index >= 15 is 0 Å². The van der Waals surface area contributed by atoms with E-state index in [-0.39, 0.29) is 12.8 Å². The Balaban J connectivity index is 2.10. The summed E-state index contributed by atoms with van der Waals surface area (Å²) >= 11 is 0. The average Bonchev–Trinajstić information content (AvgIpc) is 2.49. The molecule has 118 valence electrons. The number of rotatable bonds is 10. The first-order valence-electron chi connectivity index (χ1n) is 7.21. The molecule has 0 radical (unpaired) electrons. The third kappa shape index (κ3) is 8.04. The highest BCUT2D eigenvalue weighted by molar-refractivity contribution is 5.73. The summed E-state index contributed by atoms with van der Waals surface area (Å²) < 4.78 is 15.9. The van der Waals surface area contributed by atoms with Crippen LogP contribution in [0.4, 0.5) is 4.79 Å². The fraction of sp³-hybridized carbons (Fsp3) is 0.533. The number of carbonyl (C=O) groups excluding carboxylic acids is 1. The minimum atomic E-state index is -0.252. The summed E-state index contributed by atoms with van der Waals surface area (Å²) in [6, 6.07) is 7.00. The lowest BCUT2D eigenvalue weighted by Crippen LogP contribution is -2.38. The molecule has 21 heavy (non-hydrogen) atoms. The van der Waals surface area contributed by atoms with Gasteiger partial charge in [0.05, 0.1) is 6.61 Å². The van der Waals surface area contributed by atoms with E-state index in [1.807, 2.05) is 26.0 Å². The lowest BCUT2D eigenvalue weighted by molar-refractivity contribution is 0.145. The predicted octanol–water partition coefficient (Wildman–Crippen LogP) is 2.15. The van der Waals surface area contributed by atoms with Gasteiger partial charge in [-0.15, -0.1) is 0 Å². The number of amides is 2. The topological polar surface area (TPSA) is 68.8 Å². The standard InChI is InChI=1S/C15H24N2O4/c1-3-19-11-5-10-16-15(18)17-12-21-14-8-6-13(7-9-14)20-4-2/h6-9H,3-5,10-12H2,1-2H3,(H2,16,17,18). The molecule has 0 spiro atoms. The molecule has 1 aromatic carbocycles. The fourth-order valence-corrected chi connectivity index (χ4v) is 1.57. The first kappa shape index (κ1) is 17.1. The molecule has 0 saturated heterocycles. The van der Waals surface area contributed by atoms with E-state index in [1.165, 1.54) is 0 Å². The van der Waals surface area contributed by atoms with Crippen LogP contribution < -0.4 is 20.1 Å². The third-order valence-corrected chi connectivity index (χ3v) is 2.56. The van der Waals surface area contributed by atoms with Crippen molar-refractivity contribution >= 4 is 6.03 Å². The Morgan fingerprint density at radius 1 is 1.00 bits per heavy atom. The van der Waals surface area contributed by atoms with Gasteiger partial charge in [-0.3, -0.25) is 0 Å². The summed E-state index contributed by atoms with van der Waals surface area (Å²) in [6.45, 7) is 6.55. The molecular formula is C15H24N2O4. The molecule has 1 rings (SSSR count). The molecule has 6 nitrogen and oxygen atoms in total. The van der Waals surface area contributed by atoms with E-state index < -0.39 is 0 Å². The Morgan fingerprint density at radius 2 is 1.67 bits per heavy atom. The number of hydrogen-bond acceptors (Lipinski definition) is 4. The largest absolute Gasteiger partial charge is 0.494 e. The molecule has 0 aliphatic carbocycles. The molecule has 0 bridgehead atoms. The van der Waals surface area contributed by atoms with Crippen molar-refractivity contribution in [3.63, 3.8) is 0 Å². The molecular weight excluding hydrogens is 272 g/mol. The van der Waals surface area contributed by atoms with Gasteiger partial charge in [-0.1, -0.05) is 0 Å². The Labute approximate surface area is 125 Å². The molecule has 0 unspecified atom stereocenters. The van der Waals surface area contributed by atoms with Crippen LogP contribution in [0.1, 0.15) is 20.3 Å². The van der Waals surface area contributed by atoms with Gasteiger partial charge >= 0.3 is 6.03 Å². The van der Waals surface area contributed by atoms with Crippen molar-refractivity contribution in [2.75, 3.05) is 33.1 Å². The van der Waals surface area contributed by atoms with Crippen molar-refractivity contribution in [1.82, 2.24) is 10.6 Å². The summed E-state index contributed by atoms with van der Waals surface area (Å²) in [7, 11) is 0. The number of benzene rings is 1. The summed E-state index contributed by atoms with van der Waals surface area (Å²) in [5.74, 6) is 1.47. The lowest BCUT2D eigenvalue weighted by atomic mass is 10.3. The zero-order valence-corrected chi connectivity index (χ0v) is 12.7. The highest BCUT2D eigenvalue weighted by Crippen LogP contribution is 2.16. The minimum absolute atomic E-state index is 0.116. The Kier molecular flexibility index (Phi) is 8.79. The molecule has 0 saturated carbocycles. The summed E-state index contributed by atoms with van der Waals surface area (Å²) in [5.41, 5.74) is 0. The molecule has 1 aromatic rings. The summed E-state index contributed by atoms with van der Waals surface area (Å²) in [5, 5.41) is 5.34. The van der Waals surface area contributed by atoms with Crippen LogP contribution in [0, 0.1) is 0 Å². The maximum atomic E-state index is 11.4. The highest BCUT2D eigenvalue weighted by atomic mass is 16.5. The van der Waals surface area contributed by atoms with E-state index in [0.717, 1.165) is 12.2 Å². The number of ether oxygens (including phenoxy) is 3. The van der Waals surface area contributed by atoms with Crippen molar-refractivity contribution in [1.29, 1.82) is 0 Å². The van der Waals surface area contributed by atoms with E-state index in [9.17, 15) is 4.79 Å². The fourth-order valence-electron chi connectivity index (χ4n) is 1.57. The normalized spacial score (nSPS) is 10.0. The van der Waals surface area contributed by atoms with Gasteiger partial charge in [-0.05, 0) is 44.5 Å². The SMILES string of the molecule is CCOCCCNC(=O)NCOc1ccc(OCC)cc1. The molecule has 0 aliphatic heterocycles. The molecule has 6 heteroatoms. The van der Waals surface area contributed by atoms with E-state index in [0.29, 0.717) is 32.1 Å². The second-order valence-electron chi connectivity index (χ2n) is 4.18. The number of hydrogen-bond donors (Lipinski definition) is 2. The van der Waals surface area contributed by atoms with Crippen molar-refractivity contribution in [3.05, 3.63) is 24.3 Å². The molecule has 0 atom stereocenters. The second-order valence-corrected chi connectivity index (χ2v) is 4.18. The van der Waals surface area contributed by atoms with Gasteiger partial charge in [-0.2, -0.15) is 0 Å². The molecule has 0 heterocycles. The van der Waals surface area contributed by atoms with Crippen LogP contribution in [0.2, 0.25) is 0 Å². The van der Waals surface area contributed by atoms with Crippen LogP contribution >= 0.6 is 0 Å². The van der Waals surface area contributed by atoms with Gasteiger partial charge < -0.3 is 24.8 Å². The van der Waals surface area contributed by atoms with Crippen molar-refractivity contribution in [3.8, 4) is 11.5 Å². The van der Waals surface area contributed by atoms with Crippen molar-refractivity contribution in [2.45, 2.75) is 20.3 Å². The number of carbonyl (C=O) groups is 1.